The molecule has 0 saturated carbocycles. The van der Waals surface area contributed by atoms with Crippen molar-refractivity contribution in [2.45, 2.75) is 0 Å². The summed E-state index contributed by atoms with van der Waals surface area (Å²) in [7, 11) is 0. The van der Waals surface area contributed by atoms with E-state index in [1.54, 1.807) is 11.3 Å². The Kier molecular flexibility index (Phi) is 7.94. The van der Waals surface area contributed by atoms with Crippen LogP contribution in [-0.4, -0.2) is 21.6 Å². The molecule has 316 valence electrons. The van der Waals surface area contributed by atoms with E-state index in [1.165, 1.54) is 101 Å². The Labute approximate surface area is 396 Å². The van der Waals surface area contributed by atoms with Crippen molar-refractivity contribution >= 4 is 151 Å². The molecule has 0 spiro atoms. The zero-order valence-corrected chi connectivity index (χ0v) is 38.0. The molecule has 4 nitrogen and oxygen atoms in total. The van der Waals surface area contributed by atoms with Crippen LogP contribution in [0.5, 0.6) is 0 Å². The van der Waals surface area contributed by atoms with Crippen LogP contribution >= 0.6 is 22.7 Å². The molecule has 0 bridgehead atoms. The second-order valence-electron chi connectivity index (χ2n) is 18.0. The number of nitrogens with zero attached hydrogens (tertiary/aromatic N) is 2. The monoisotopic (exact) mass is 900 g/mol. The molecule has 68 heavy (non-hydrogen) atoms. The predicted molar refractivity (Wildman–Crippen MR) is 295 cm³/mol. The smallest absolute Gasteiger partial charge is 0.151 e. The van der Waals surface area contributed by atoms with E-state index in [4.69, 9.17) is 4.99 Å². The van der Waals surface area contributed by atoms with Crippen molar-refractivity contribution < 1.29 is 0 Å². The zero-order valence-electron chi connectivity index (χ0n) is 36.3. The molecule has 6 heteroatoms. The third-order valence-electron chi connectivity index (χ3n) is 14.1. The van der Waals surface area contributed by atoms with E-state index >= 15 is 0 Å². The standard InChI is InChI=1S/C62H36N4S2/c63-62(64-34-35-20-25-58-51(26-35)46-16-6-8-19-57(46)67-58)41-31-56(60-47-24-21-36-10-3-4-14-43(36)61(47)68-59(60)32-41)66-54-30-38-12-2-1-11-37(38)27-49(54)50-28-39-13-9-17-42(48(39)33-55(50)66)40-22-23-45-44-15-5-7-18-52(44)65-53(45)29-40/h1-34,63,65H/b63-62?,64-34+. The average Bonchev–Trinajstić information content (AvgIpc) is 4.14. The first kappa shape index (κ1) is 37.8. The number of H-pyrrole nitrogens is 1. The third kappa shape index (κ3) is 5.59. The van der Waals surface area contributed by atoms with Gasteiger partial charge in [0, 0.05) is 84.7 Å². The minimum absolute atomic E-state index is 0.220. The molecule has 11 aromatic carbocycles. The summed E-state index contributed by atoms with van der Waals surface area (Å²) in [5.41, 5.74) is 9.65. The summed E-state index contributed by atoms with van der Waals surface area (Å²) in [4.78, 5) is 8.60. The average molecular weight is 901 g/mol. The van der Waals surface area contributed by atoms with Crippen LogP contribution in [0.25, 0.3) is 133 Å². The third-order valence-corrected chi connectivity index (χ3v) is 16.5. The lowest BCUT2D eigenvalue weighted by molar-refractivity contribution is 1.20. The molecule has 15 rings (SSSR count). The van der Waals surface area contributed by atoms with Crippen molar-refractivity contribution in [3.05, 3.63) is 211 Å². The molecule has 0 saturated heterocycles. The molecule has 15 aromatic rings. The van der Waals surface area contributed by atoms with Gasteiger partial charge in [0.15, 0.2) is 5.84 Å². The molecule has 0 aliphatic heterocycles. The SMILES string of the molecule is N=C(/N=C/c1ccc2sc3ccccc3c2c1)c1cc(-n2c3cc4ccccc4cc3c3cc4cccc(-c5ccc6c(c5)[nH]c5ccccc56)c4cc32)c2c(c1)sc1c3ccccc3ccc12. The summed E-state index contributed by atoms with van der Waals surface area (Å²) in [5, 5.41) is 26.6. The maximum Gasteiger partial charge on any atom is 0.151 e. The van der Waals surface area contributed by atoms with Gasteiger partial charge in [-0.3, -0.25) is 5.41 Å². The Morgan fingerprint density at radius 3 is 2.06 bits per heavy atom. The topological polar surface area (TPSA) is 56.9 Å². The fourth-order valence-corrected chi connectivity index (χ4v) is 13.4. The second kappa shape index (κ2) is 14.3. The number of aromatic amines is 1. The predicted octanol–water partition coefficient (Wildman–Crippen LogP) is 17.7. The number of benzene rings is 11. The molecule has 0 fully saturated rings. The van der Waals surface area contributed by atoms with E-state index in [1.807, 2.05) is 17.6 Å². The zero-order chi connectivity index (χ0) is 44.6. The van der Waals surface area contributed by atoms with Gasteiger partial charge in [-0.2, -0.15) is 0 Å². The number of aromatic nitrogens is 2. The Morgan fingerprint density at radius 2 is 1.16 bits per heavy atom. The summed E-state index contributed by atoms with van der Waals surface area (Å²) in [6.07, 6.45) is 1.85. The highest BCUT2D eigenvalue weighted by atomic mass is 32.1. The van der Waals surface area contributed by atoms with Crippen LogP contribution in [0, 0.1) is 5.41 Å². The van der Waals surface area contributed by atoms with Gasteiger partial charge in [0.25, 0.3) is 0 Å². The summed E-state index contributed by atoms with van der Waals surface area (Å²) >= 11 is 3.61. The van der Waals surface area contributed by atoms with E-state index in [-0.39, 0.29) is 5.84 Å². The summed E-state index contributed by atoms with van der Waals surface area (Å²) < 4.78 is 7.37. The maximum atomic E-state index is 9.66. The van der Waals surface area contributed by atoms with Gasteiger partial charge in [-0.15, -0.1) is 22.7 Å². The van der Waals surface area contributed by atoms with Crippen LogP contribution in [0.1, 0.15) is 11.1 Å². The molecule has 0 radical (unpaired) electrons. The molecular weight excluding hydrogens is 865 g/mol. The minimum atomic E-state index is 0.220. The van der Waals surface area contributed by atoms with E-state index < -0.39 is 0 Å². The summed E-state index contributed by atoms with van der Waals surface area (Å²) in [5.74, 6) is 0.220. The normalized spacial score (nSPS) is 12.4. The van der Waals surface area contributed by atoms with Crippen molar-refractivity contribution in [2.75, 3.05) is 0 Å². The molecule has 0 aliphatic carbocycles. The van der Waals surface area contributed by atoms with Gasteiger partial charge < -0.3 is 9.55 Å². The highest BCUT2D eigenvalue weighted by molar-refractivity contribution is 7.27. The Hall–Kier alpha value is -8.42. The quantitative estimate of drug-likeness (QED) is 0.131. The number of para-hydroxylation sites is 1. The van der Waals surface area contributed by atoms with Crippen LogP contribution in [0.4, 0.5) is 0 Å². The molecule has 0 unspecified atom stereocenters. The number of nitrogens with one attached hydrogen (secondary N) is 2. The van der Waals surface area contributed by atoms with Crippen molar-refractivity contribution in [1.82, 2.24) is 9.55 Å². The Morgan fingerprint density at radius 1 is 0.456 bits per heavy atom. The highest BCUT2D eigenvalue weighted by Gasteiger charge is 2.22. The molecule has 4 aromatic heterocycles. The molecule has 2 N–H and O–H groups in total. The van der Waals surface area contributed by atoms with Crippen LogP contribution in [0.15, 0.2) is 205 Å². The maximum absolute atomic E-state index is 9.66. The Balaban J connectivity index is 0.995. The largest absolute Gasteiger partial charge is 0.354 e. The van der Waals surface area contributed by atoms with E-state index in [0.717, 1.165) is 43.6 Å². The van der Waals surface area contributed by atoms with Gasteiger partial charge in [0.2, 0.25) is 0 Å². The first-order valence-electron chi connectivity index (χ1n) is 22.9. The molecule has 0 aliphatic rings. The number of thiophene rings is 2. The number of hydrogen-bond donors (Lipinski definition) is 2. The highest BCUT2D eigenvalue weighted by Crippen LogP contribution is 2.46. The van der Waals surface area contributed by atoms with Crippen LogP contribution in [-0.2, 0) is 0 Å². The first-order chi connectivity index (χ1) is 33.6. The molecule has 0 atom stereocenters. The lowest BCUT2D eigenvalue weighted by Crippen LogP contribution is -2.01. The van der Waals surface area contributed by atoms with Crippen molar-refractivity contribution in [3.8, 4) is 16.8 Å². The van der Waals surface area contributed by atoms with Gasteiger partial charge in [-0.25, -0.2) is 4.99 Å². The van der Waals surface area contributed by atoms with E-state index in [0.29, 0.717) is 0 Å². The fraction of sp³-hybridized carbons (Fsp3) is 0. The van der Waals surface area contributed by atoms with Gasteiger partial charge >= 0.3 is 0 Å². The van der Waals surface area contributed by atoms with Crippen LogP contribution in [0.3, 0.4) is 0 Å². The van der Waals surface area contributed by atoms with Crippen LogP contribution in [0.2, 0.25) is 0 Å². The van der Waals surface area contributed by atoms with Crippen molar-refractivity contribution in [1.29, 1.82) is 5.41 Å². The number of amidine groups is 1. The lowest BCUT2D eigenvalue weighted by atomic mass is 9.96. The number of fused-ring (bicyclic) bond motifs is 16. The number of hydrogen-bond acceptors (Lipinski definition) is 3. The first-order valence-corrected chi connectivity index (χ1v) is 24.5. The van der Waals surface area contributed by atoms with Crippen molar-refractivity contribution in [2.24, 2.45) is 4.99 Å². The number of rotatable bonds is 4. The van der Waals surface area contributed by atoms with Gasteiger partial charge in [-0.05, 0) is 116 Å². The second-order valence-corrected chi connectivity index (χ2v) is 20.1. The molecule has 4 heterocycles. The Bertz CT molecular complexity index is 4710. The van der Waals surface area contributed by atoms with E-state index in [9.17, 15) is 5.41 Å². The summed E-state index contributed by atoms with van der Waals surface area (Å²) in [6, 6.07) is 73.0. The van der Waals surface area contributed by atoms with Gasteiger partial charge in [0.1, 0.15) is 0 Å². The molecule has 0 amide bonds. The number of aliphatic imine (C=N–C) groups is 1. The van der Waals surface area contributed by atoms with Gasteiger partial charge in [0.05, 0.1) is 16.7 Å². The molecular formula is C62H36N4S2. The lowest BCUT2D eigenvalue weighted by Gasteiger charge is -2.14. The van der Waals surface area contributed by atoms with E-state index in [2.05, 4.69) is 210 Å². The minimum Gasteiger partial charge on any atom is -0.354 e. The summed E-state index contributed by atoms with van der Waals surface area (Å²) in [6.45, 7) is 0. The fourth-order valence-electron chi connectivity index (χ4n) is 11.0. The van der Waals surface area contributed by atoms with Crippen LogP contribution < -0.4 is 0 Å². The van der Waals surface area contributed by atoms with Gasteiger partial charge in [-0.1, -0.05) is 133 Å². The van der Waals surface area contributed by atoms with Crippen molar-refractivity contribution in [3.63, 3.8) is 0 Å².